The number of hydrogen-bond donors (Lipinski definition) is 1. The van der Waals surface area contributed by atoms with Crippen molar-refractivity contribution in [3.63, 3.8) is 0 Å². The summed E-state index contributed by atoms with van der Waals surface area (Å²) in [5, 5.41) is 1.12. The van der Waals surface area contributed by atoms with E-state index < -0.39 is 0 Å². The van der Waals surface area contributed by atoms with E-state index in [1.165, 1.54) is 0 Å². The molecule has 118 valence electrons. The standard InChI is InChI=1S/C18H16N2O2.ClH/c1-20-10-12-7-11(3-5-14(12)18(20)21)16-9-19-17-6-4-13(22-2)8-15(16)17;/h3-9,19H,10H2,1-2H3;1H. The van der Waals surface area contributed by atoms with Crippen molar-refractivity contribution in [2.75, 3.05) is 14.2 Å². The minimum atomic E-state index is 0. The molecule has 0 spiro atoms. The normalized spacial score (nSPS) is 13.1. The third-order valence-corrected chi connectivity index (χ3v) is 4.29. The van der Waals surface area contributed by atoms with E-state index >= 15 is 0 Å². The second kappa shape index (κ2) is 5.63. The monoisotopic (exact) mass is 328 g/mol. The number of halogens is 1. The van der Waals surface area contributed by atoms with Crippen molar-refractivity contribution >= 4 is 29.2 Å². The molecule has 0 unspecified atom stereocenters. The number of ether oxygens (including phenoxy) is 1. The van der Waals surface area contributed by atoms with Crippen LogP contribution in [0.3, 0.4) is 0 Å². The van der Waals surface area contributed by atoms with Crippen LogP contribution in [0.2, 0.25) is 0 Å². The highest BCUT2D eigenvalue weighted by molar-refractivity contribution is 6.00. The number of amides is 1. The Hall–Kier alpha value is -2.46. The third kappa shape index (κ3) is 2.35. The molecular weight excluding hydrogens is 312 g/mol. The summed E-state index contributed by atoms with van der Waals surface area (Å²) >= 11 is 0. The summed E-state index contributed by atoms with van der Waals surface area (Å²) in [4.78, 5) is 17.0. The fourth-order valence-corrected chi connectivity index (χ4v) is 3.10. The molecule has 0 fully saturated rings. The number of fused-ring (bicyclic) bond motifs is 2. The summed E-state index contributed by atoms with van der Waals surface area (Å²) in [6, 6.07) is 12.0. The Balaban J connectivity index is 0.00000156. The first-order valence-corrected chi connectivity index (χ1v) is 7.21. The fraction of sp³-hybridized carbons (Fsp3) is 0.167. The summed E-state index contributed by atoms with van der Waals surface area (Å²) < 4.78 is 5.32. The Morgan fingerprint density at radius 1 is 1.13 bits per heavy atom. The summed E-state index contributed by atoms with van der Waals surface area (Å²) in [5.41, 5.74) is 5.20. The summed E-state index contributed by atoms with van der Waals surface area (Å²) in [6.07, 6.45) is 2.01. The summed E-state index contributed by atoms with van der Waals surface area (Å²) in [7, 11) is 3.50. The molecule has 0 atom stereocenters. The van der Waals surface area contributed by atoms with Crippen molar-refractivity contribution in [3.8, 4) is 16.9 Å². The van der Waals surface area contributed by atoms with Gasteiger partial charge in [0, 0.05) is 41.8 Å². The van der Waals surface area contributed by atoms with Gasteiger partial charge >= 0.3 is 0 Å². The molecule has 1 amide bonds. The highest BCUT2D eigenvalue weighted by Gasteiger charge is 2.24. The number of carbonyl (C=O) groups excluding carboxylic acids is 1. The van der Waals surface area contributed by atoms with E-state index in [1.54, 1.807) is 12.0 Å². The molecule has 0 aliphatic carbocycles. The minimum absolute atomic E-state index is 0. The average molecular weight is 329 g/mol. The number of carbonyl (C=O) groups is 1. The smallest absolute Gasteiger partial charge is 0.254 e. The maximum absolute atomic E-state index is 12.0. The Morgan fingerprint density at radius 3 is 2.74 bits per heavy atom. The topological polar surface area (TPSA) is 45.3 Å². The zero-order valence-electron chi connectivity index (χ0n) is 12.9. The maximum Gasteiger partial charge on any atom is 0.254 e. The van der Waals surface area contributed by atoms with Crippen LogP contribution in [-0.4, -0.2) is 29.9 Å². The first-order chi connectivity index (χ1) is 10.7. The van der Waals surface area contributed by atoms with Crippen molar-refractivity contribution in [2.24, 2.45) is 0 Å². The van der Waals surface area contributed by atoms with Crippen LogP contribution in [0.4, 0.5) is 0 Å². The van der Waals surface area contributed by atoms with Crippen molar-refractivity contribution < 1.29 is 9.53 Å². The van der Waals surface area contributed by atoms with E-state index in [0.717, 1.165) is 38.9 Å². The molecule has 5 heteroatoms. The van der Waals surface area contributed by atoms with Crippen LogP contribution in [0.1, 0.15) is 15.9 Å². The van der Waals surface area contributed by atoms with E-state index in [9.17, 15) is 4.79 Å². The van der Waals surface area contributed by atoms with Gasteiger partial charge in [0.2, 0.25) is 0 Å². The van der Waals surface area contributed by atoms with Crippen molar-refractivity contribution in [1.82, 2.24) is 9.88 Å². The van der Waals surface area contributed by atoms with Crippen LogP contribution in [-0.2, 0) is 6.54 Å². The van der Waals surface area contributed by atoms with Crippen LogP contribution in [0.25, 0.3) is 22.0 Å². The second-order valence-corrected chi connectivity index (χ2v) is 5.65. The lowest BCUT2D eigenvalue weighted by molar-refractivity contribution is 0.0816. The van der Waals surface area contributed by atoms with E-state index in [-0.39, 0.29) is 18.3 Å². The van der Waals surface area contributed by atoms with Gasteiger partial charge in [-0.25, -0.2) is 0 Å². The van der Waals surface area contributed by atoms with Gasteiger partial charge in [-0.2, -0.15) is 0 Å². The van der Waals surface area contributed by atoms with E-state index in [2.05, 4.69) is 11.1 Å². The SMILES string of the molecule is COc1ccc2[nH]cc(-c3ccc4c(c3)CN(C)C4=O)c2c1.Cl. The molecule has 1 N–H and O–H groups in total. The van der Waals surface area contributed by atoms with Gasteiger partial charge in [-0.15, -0.1) is 12.4 Å². The molecule has 2 aromatic carbocycles. The first-order valence-electron chi connectivity index (χ1n) is 7.21. The number of nitrogens with one attached hydrogen (secondary N) is 1. The zero-order chi connectivity index (χ0) is 15.3. The Kier molecular flexibility index (Phi) is 3.78. The molecule has 1 aliphatic rings. The molecule has 3 aromatic rings. The molecule has 0 saturated heterocycles. The Morgan fingerprint density at radius 2 is 1.96 bits per heavy atom. The lowest BCUT2D eigenvalue weighted by atomic mass is 10.00. The van der Waals surface area contributed by atoms with Gasteiger partial charge in [-0.05, 0) is 41.5 Å². The number of hydrogen-bond acceptors (Lipinski definition) is 2. The maximum atomic E-state index is 12.0. The van der Waals surface area contributed by atoms with E-state index in [1.807, 2.05) is 43.6 Å². The van der Waals surface area contributed by atoms with Crippen molar-refractivity contribution in [1.29, 1.82) is 0 Å². The number of methoxy groups -OCH3 is 1. The number of rotatable bonds is 2. The van der Waals surface area contributed by atoms with Gasteiger partial charge in [0.05, 0.1) is 7.11 Å². The fourth-order valence-electron chi connectivity index (χ4n) is 3.10. The van der Waals surface area contributed by atoms with Gasteiger partial charge in [-0.1, -0.05) is 6.07 Å². The number of nitrogens with zero attached hydrogens (tertiary/aromatic N) is 1. The van der Waals surface area contributed by atoms with E-state index in [0.29, 0.717) is 6.54 Å². The second-order valence-electron chi connectivity index (χ2n) is 5.65. The largest absolute Gasteiger partial charge is 0.497 e. The molecule has 4 nitrogen and oxygen atoms in total. The predicted octanol–water partition coefficient (Wildman–Crippen LogP) is 3.85. The van der Waals surface area contributed by atoms with Crippen LogP contribution in [0, 0.1) is 0 Å². The predicted molar refractivity (Wildman–Crippen MR) is 93.3 cm³/mol. The lowest BCUT2D eigenvalue weighted by Gasteiger charge is -2.05. The van der Waals surface area contributed by atoms with Crippen LogP contribution in [0.15, 0.2) is 42.6 Å². The molecule has 1 aromatic heterocycles. The quantitative estimate of drug-likeness (QED) is 0.776. The van der Waals surface area contributed by atoms with Crippen molar-refractivity contribution in [2.45, 2.75) is 6.54 Å². The molecule has 0 bridgehead atoms. The molecular formula is C18H17ClN2O2. The van der Waals surface area contributed by atoms with Gasteiger partial charge in [0.15, 0.2) is 0 Å². The van der Waals surface area contributed by atoms with E-state index in [4.69, 9.17) is 4.74 Å². The number of aromatic nitrogens is 1. The molecule has 4 rings (SSSR count). The molecule has 0 saturated carbocycles. The van der Waals surface area contributed by atoms with Crippen LogP contribution < -0.4 is 4.74 Å². The minimum Gasteiger partial charge on any atom is -0.497 e. The van der Waals surface area contributed by atoms with Gasteiger partial charge in [-0.3, -0.25) is 4.79 Å². The molecule has 1 aliphatic heterocycles. The highest BCUT2D eigenvalue weighted by atomic mass is 35.5. The Labute approximate surface area is 140 Å². The number of aromatic amines is 1. The van der Waals surface area contributed by atoms with Gasteiger partial charge in [0.25, 0.3) is 5.91 Å². The van der Waals surface area contributed by atoms with Gasteiger partial charge < -0.3 is 14.6 Å². The Bertz CT molecular complexity index is 901. The average Bonchev–Trinajstić information content (AvgIpc) is 3.08. The first kappa shape index (κ1) is 15.4. The highest BCUT2D eigenvalue weighted by Crippen LogP contribution is 2.33. The third-order valence-electron chi connectivity index (χ3n) is 4.29. The summed E-state index contributed by atoms with van der Waals surface area (Å²) in [6.45, 7) is 0.674. The molecule has 2 heterocycles. The number of H-pyrrole nitrogens is 1. The molecule has 0 radical (unpaired) electrons. The van der Waals surface area contributed by atoms with Crippen LogP contribution >= 0.6 is 12.4 Å². The number of benzene rings is 2. The zero-order valence-corrected chi connectivity index (χ0v) is 13.7. The molecule has 23 heavy (non-hydrogen) atoms. The van der Waals surface area contributed by atoms with Crippen LogP contribution in [0.5, 0.6) is 5.75 Å². The van der Waals surface area contributed by atoms with Gasteiger partial charge in [0.1, 0.15) is 5.75 Å². The lowest BCUT2D eigenvalue weighted by Crippen LogP contribution is -2.17. The summed E-state index contributed by atoms with van der Waals surface area (Å²) in [5.74, 6) is 0.937. The van der Waals surface area contributed by atoms with Crippen molar-refractivity contribution in [3.05, 3.63) is 53.7 Å².